The van der Waals surface area contributed by atoms with E-state index in [-0.39, 0.29) is 0 Å². The minimum absolute atomic E-state index is 0.489. The third-order valence-corrected chi connectivity index (χ3v) is 4.60. The molecule has 2 heterocycles. The molecule has 2 saturated heterocycles. The van der Waals surface area contributed by atoms with Crippen LogP contribution >= 0.6 is 0 Å². The summed E-state index contributed by atoms with van der Waals surface area (Å²) in [6.07, 6.45) is 6.92. The van der Waals surface area contributed by atoms with Gasteiger partial charge in [-0.25, -0.2) is 0 Å². The molecule has 0 aromatic carbocycles. The van der Waals surface area contributed by atoms with Crippen LogP contribution in [0.2, 0.25) is 0 Å². The Balaban J connectivity index is 1.47. The van der Waals surface area contributed by atoms with E-state index < -0.39 is 0 Å². The molecule has 2 unspecified atom stereocenters. The number of nitrogens with two attached hydrogens (primary N) is 1. The summed E-state index contributed by atoms with van der Waals surface area (Å²) in [5, 5.41) is 0. The Hall–Kier alpha value is -0.120. The molecule has 0 radical (unpaired) electrons. The molecule has 16 heavy (non-hydrogen) atoms. The highest BCUT2D eigenvalue weighted by molar-refractivity contribution is 4.94. The highest BCUT2D eigenvalue weighted by atomic mass is 16.5. The molecule has 0 amide bonds. The van der Waals surface area contributed by atoms with E-state index in [2.05, 4.69) is 4.90 Å². The number of ether oxygens (including phenoxy) is 1. The number of nitrogens with zero attached hydrogens (tertiary/aromatic N) is 1. The molecule has 0 aromatic heterocycles. The van der Waals surface area contributed by atoms with Gasteiger partial charge in [0, 0.05) is 32.3 Å². The Kier molecular flexibility index (Phi) is 3.18. The Labute approximate surface area is 98.3 Å². The molecule has 3 aliphatic rings. The number of likely N-dealkylation sites (tertiary alicyclic amines) is 1. The van der Waals surface area contributed by atoms with Crippen molar-refractivity contribution in [3.63, 3.8) is 0 Å². The van der Waals surface area contributed by atoms with Crippen molar-refractivity contribution in [2.24, 2.45) is 17.6 Å². The molecule has 3 rings (SSSR count). The lowest BCUT2D eigenvalue weighted by molar-refractivity contribution is -0.00305. The maximum absolute atomic E-state index is 6.01. The monoisotopic (exact) mass is 224 g/mol. The first-order valence-corrected chi connectivity index (χ1v) is 6.91. The van der Waals surface area contributed by atoms with Crippen molar-refractivity contribution in [2.45, 2.75) is 44.2 Å². The lowest BCUT2D eigenvalue weighted by Gasteiger charge is -2.27. The van der Waals surface area contributed by atoms with Gasteiger partial charge in [0.15, 0.2) is 0 Å². The third-order valence-electron chi connectivity index (χ3n) is 4.60. The zero-order chi connectivity index (χ0) is 11.0. The standard InChI is InChI=1S/C13H24N2O/c14-12-5-10-7-15(8-11(10)6-12)9-13-3-1-2-4-16-13/h10-13H,1-9,14H2/t10-,11?,12+,13?/m0/s1. The summed E-state index contributed by atoms with van der Waals surface area (Å²) in [6, 6.07) is 0.489. The Morgan fingerprint density at radius 2 is 1.88 bits per heavy atom. The largest absolute Gasteiger partial charge is 0.377 e. The van der Waals surface area contributed by atoms with Crippen molar-refractivity contribution >= 4 is 0 Å². The second-order valence-corrected chi connectivity index (χ2v) is 5.96. The van der Waals surface area contributed by atoms with Crippen LogP contribution in [0.5, 0.6) is 0 Å². The summed E-state index contributed by atoms with van der Waals surface area (Å²) < 4.78 is 5.82. The number of rotatable bonds is 2. The molecular formula is C13H24N2O. The predicted octanol–water partition coefficient (Wildman–Crippen LogP) is 1.22. The van der Waals surface area contributed by atoms with Gasteiger partial charge in [0.05, 0.1) is 6.10 Å². The van der Waals surface area contributed by atoms with Gasteiger partial charge in [-0.05, 0) is 43.9 Å². The molecule has 0 bridgehead atoms. The van der Waals surface area contributed by atoms with E-state index in [1.54, 1.807) is 0 Å². The van der Waals surface area contributed by atoms with Crippen LogP contribution in [-0.4, -0.2) is 43.3 Å². The van der Waals surface area contributed by atoms with Crippen LogP contribution < -0.4 is 5.73 Å². The van der Waals surface area contributed by atoms with Gasteiger partial charge in [0.2, 0.25) is 0 Å². The molecule has 2 N–H and O–H groups in total. The molecule has 3 nitrogen and oxygen atoms in total. The number of fused-ring (bicyclic) bond motifs is 1. The SMILES string of the molecule is N[C@H]1CC2CN(CC3CCCCO3)C[C@@H]2C1. The fourth-order valence-corrected chi connectivity index (χ4v) is 3.83. The van der Waals surface area contributed by atoms with Gasteiger partial charge in [-0.15, -0.1) is 0 Å². The summed E-state index contributed by atoms with van der Waals surface area (Å²) in [7, 11) is 0. The predicted molar refractivity (Wildman–Crippen MR) is 64.2 cm³/mol. The van der Waals surface area contributed by atoms with Crippen molar-refractivity contribution in [1.82, 2.24) is 4.90 Å². The molecule has 1 aliphatic carbocycles. The zero-order valence-electron chi connectivity index (χ0n) is 10.1. The van der Waals surface area contributed by atoms with Gasteiger partial charge < -0.3 is 15.4 Å². The third kappa shape index (κ3) is 2.27. The van der Waals surface area contributed by atoms with Crippen molar-refractivity contribution in [3.8, 4) is 0 Å². The van der Waals surface area contributed by atoms with Gasteiger partial charge in [-0.1, -0.05) is 0 Å². The first-order valence-electron chi connectivity index (χ1n) is 6.91. The van der Waals surface area contributed by atoms with Gasteiger partial charge in [0.25, 0.3) is 0 Å². The molecule has 92 valence electrons. The number of hydrogen-bond donors (Lipinski definition) is 1. The molecule has 4 atom stereocenters. The second-order valence-electron chi connectivity index (χ2n) is 5.96. The van der Waals surface area contributed by atoms with Gasteiger partial charge in [0.1, 0.15) is 0 Å². The minimum atomic E-state index is 0.489. The van der Waals surface area contributed by atoms with Crippen LogP contribution in [0.15, 0.2) is 0 Å². The van der Waals surface area contributed by atoms with Crippen LogP contribution in [0.3, 0.4) is 0 Å². The van der Waals surface area contributed by atoms with Crippen LogP contribution in [0.25, 0.3) is 0 Å². The summed E-state index contributed by atoms with van der Waals surface area (Å²) >= 11 is 0. The smallest absolute Gasteiger partial charge is 0.0702 e. The molecule has 0 aromatic rings. The van der Waals surface area contributed by atoms with E-state index in [4.69, 9.17) is 10.5 Å². The fraction of sp³-hybridized carbons (Fsp3) is 1.00. The Bertz CT molecular complexity index is 226. The molecule has 0 spiro atoms. The average Bonchev–Trinajstić information content (AvgIpc) is 2.76. The van der Waals surface area contributed by atoms with E-state index in [1.165, 1.54) is 51.7 Å². The van der Waals surface area contributed by atoms with Crippen LogP contribution in [-0.2, 0) is 4.74 Å². The van der Waals surface area contributed by atoms with E-state index in [0.717, 1.165) is 18.4 Å². The lowest BCUT2D eigenvalue weighted by Crippen LogP contribution is -2.35. The lowest BCUT2D eigenvalue weighted by atomic mass is 10.0. The summed E-state index contributed by atoms with van der Waals surface area (Å²) in [5.41, 5.74) is 6.01. The zero-order valence-corrected chi connectivity index (χ0v) is 10.1. The van der Waals surface area contributed by atoms with Crippen molar-refractivity contribution in [2.75, 3.05) is 26.2 Å². The second kappa shape index (κ2) is 4.63. The van der Waals surface area contributed by atoms with Crippen molar-refractivity contribution < 1.29 is 4.74 Å². The molecule has 3 heteroatoms. The summed E-state index contributed by atoms with van der Waals surface area (Å²) in [5.74, 6) is 1.78. The maximum Gasteiger partial charge on any atom is 0.0702 e. The van der Waals surface area contributed by atoms with E-state index in [1.807, 2.05) is 0 Å². The van der Waals surface area contributed by atoms with Crippen molar-refractivity contribution in [3.05, 3.63) is 0 Å². The molecule has 2 aliphatic heterocycles. The Morgan fingerprint density at radius 1 is 1.12 bits per heavy atom. The summed E-state index contributed by atoms with van der Waals surface area (Å²) in [6.45, 7) is 4.70. The van der Waals surface area contributed by atoms with Gasteiger partial charge >= 0.3 is 0 Å². The highest BCUT2D eigenvalue weighted by Gasteiger charge is 2.39. The van der Waals surface area contributed by atoms with Crippen LogP contribution in [0, 0.1) is 11.8 Å². The number of hydrogen-bond acceptors (Lipinski definition) is 3. The van der Waals surface area contributed by atoms with Crippen LogP contribution in [0.1, 0.15) is 32.1 Å². The minimum Gasteiger partial charge on any atom is -0.377 e. The quantitative estimate of drug-likeness (QED) is 0.766. The average molecular weight is 224 g/mol. The van der Waals surface area contributed by atoms with Gasteiger partial charge in [-0.3, -0.25) is 0 Å². The first-order chi connectivity index (χ1) is 7.81. The topological polar surface area (TPSA) is 38.5 Å². The van der Waals surface area contributed by atoms with E-state index >= 15 is 0 Å². The molecule has 1 saturated carbocycles. The maximum atomic E-state index is 6.01. The van der Waals surface area contributed by atoms with Crippen molar-refractivity contribution in [1.29, 1.82) is 0 Å². The first kappa shape index (κ1) is 11.0. The normalized spacial score (nSPS) is 44.8. The fourth-order valence-electron chi connectivity index (χ4n) is 3.83. The Morgan fingerprint density at radius 3 is 2.50 bits per heavy atom. The van der Waals surface area contributed by atoms with E-state index in [0.29, 0.717) is 12.1 Å². The molecular weight excluding hydrogens is 200 g/mol. The highest BCUT2D eigenvalue weighted by Crippen LogP contribution is 2.37. The molecule has 3 fully saturated rings. The summed E-state index contributed by atoms with van der Waals surface area (Å²) in [4.78, 5) is 2.62. The van der Waals surface area contributed by atoms with E-state index in [9.17, 15) is 0 Å². The van der Waals surface area contributed by atoms with Crippen LogP contribution in [0.4, 0.5) is 0 Å². The van der Waals surface area contributed by atoms with Gasteiger partial charge in [-0.2, -0.15) is 0 Å².